The Balaban J connectivity index is 0.911. The monoisotopic (exact) mass is 818 g/mol. The fourth-order valence-corrected chi connectivity index (χ4v) is 9.70. The molecule has 0 N–H and O–H groups in total. The Morgan fingerprint density at radius 3 is 1.34 bits per heavy atom. The van der Waals surface area contributed by atoms with Crippen molar-refractivity contribution in [2.45, 2.75) is 0 Å². The highest BCUT2D eigenvalue weighted by Crippen LogP contribution is 2.41. The van der Waals surface area contributed by atoms with E-state index in [0.29, 0.717) is 0 Å². The number of hydrogen-bond donors (Lipinski definition) is 0. The molecular formula is C60H38N2O2. The first-order valence-corrected chi connectivity index (χ1v) is 21.7. The van der Waals surface area contributed by atoms with Crippen LogP contribution in [0.4, 0.5) is 17.1 Å². The molecule has 64 heavy (non-hydrogen) atoms. The molecule has 0 aliphatic rings. The third-order valence-corrected chi connectivity index (χ3v) is 12.8. The van der Waals surface area contributed by atoms with Crippen molar-refractivity contribution in [1.29, 1.82) is 0 Å². The Morgan fingerprint density at radius 2 is 0.719 bits per heavy atom. The van der Waals surface area contributed by atoms with Gasteiger partial charge in [0.15, 0.2) is 0 Å². The molecule has 3 aromatic heterocycles. The van der Waals surface area contributed by atoms with Crippen LogP contribution in [0.25, 0.3) is 105 Å². The summed E-state index contributed by atoms with van der Waals surface area (Å²) in [5.41, 5.74) is 17.3. The minimum absolute atomic E-state index is 0.898. The van der Waals surface area contributed by atoms with E-state index in [2.05, 4.69) is 216 Å². The van der Waals surface area contributed by atoms with E-state index in [-0.39, 0.29) is 0 Å². The molecular weight excluding hydrogens is 781 g/mol. The van der Waals surface area contributed by atoms with Crippen molar-refractivity contribution in [2.75, 3.05) is 4.90 Å². The Morgan fingerprint density at radius 1 is 0.266 bits per heavy atom. The van der Waals surface area contributed by atoms with Crippen molar-refractivity contribution in [2.24, 2.45) is 0 Å². The van der Waals surface area contributed by atoms with Gasteiger partial charge in [0.1, 0.15) is 22.3 Å². The molecule has 13 aromatic rings. The lowest BCUT2D eigenvalue weighted by atomic mass is 10.00. The normalized spacial score (nSPS) is 11.8. The van der Waals surface area contributed by atoms with Gasteiger partial charge in [-0.25, -0.2) is 0 Å². The lowest BCUT2D eigenvalue weighted by Gasteiger charge is -2.26. The summed E-state index contributed by atoms with van der Waals surface area (Å²) in [6.07, 6.45) is 0. The summed E-state index contributed by atoms with van der Waals surface area (Å²) in [6.45, 7) is 0. The first kappa shape index (κ1) is 36.1. The SMILES string of the molecule is c1ccc(-n2c3ccccc3c3cc(-c4cccc(N(c5ccc(-c6ccc7oc8ccccc8c7c6)cc5)c5ccc(-c6ccc7oc8ccccc8c7c6)cc5)c4)ccc32)cc1. The molecule has 13 rings (SSSR count). The molecule has 0 radical (unpaired) electrons. The fraction of sp³-hybridized carbons (Fsp3) is 0. The van der Waals surface area contributed by atoms with E-state index in [1.807, 2.05) is 24.3 Å². The number of para-hydroxylation sites is 4. The summed E-state index contributed by atoms with van der Waals surface area (Å²) in [5.74, 6) is 0. The molecule has 0 spiro atoms. The van der Waals surface area contributed by atoms with E-state index in [0.717, 1.165) is 94.4 Å². The van der Waals surface area contributed by atoms with Gasteiger partial charge in [0, 0.05) is 55.1 Å². The number of nitrogens with zero attached hydrogens (tertiary/aromatic N) is 2. The molecule has 0 aliphatic carbocycles. The zero-order valence-electron chi connectivity index (χ0n) is 34.7. The van der Waals surface area contributed by atoms with Crippen LogP contribution in [0.1, 0.15) is 0 Å². The van der Waals surface area contributed by atoms with Crippen molar-refractivity contribution >= 4 is 82.7 Å². The number of anilines is 3. The minimum Gasteiger partial charge on any atom is -0.456 e. The first-order chi connectivity index (χ1) is 31.7. The second-order valence-corrected chi connectivity index (χ2v) is 16.5. The minimum atomic E-state index is 0.898. The van der Waals surface area contributed by atoms with Crippen LogP contribution in [0.15, 0.2) is 239 Å². The lowest BCUT2D eigenvalue weighted by molar-refractivity contribution is 0.668. The second-order valence-electron chi connectivity index (χ2n) is 16.5. The number of benzene rings is 10. The molecule has 0 fully saturated rings. The van der Waals surface area contributed by atoms with E-state index in [9.17, 15) is 0 Å². The summed E-state index contributed by atoms with van der Waals surface area (Å²) in [5, 5.41) is 6.97. The van der Waals surface area contributed by atoms with E-state index in [1.54, 1.807) is 0 Å². The molecule has 0 bridgehead atoms. The zero-order valence-corrected chi connectivity index (χ0v) is 34.7. The number of aromatic nitrogens is 1. The zero-order chi connectivity index (χ0) is 42.1. The fourth-order valence-electron chi connectivity index (χ4n) is 9.70. The van der Waals surface area contributed by atoms with Crippen LogP contribution < -0.4 is 4.90 Å². The molecule has 3 heterocycles. The Hall–Kier alpha value is -8.60. The average molecular weight is 819 g/mol. The maximum absolute atomic E-state index is 6.15. The van der Waals surface area contributed by atoms with Gasteiger partial charge >= 0.3 is 0 Å². The van der Waals surface area contributed by atoms with E-state index >= 15 is 0 Å². The predicted octanol–water partition coefficient (Wildman–Crippen LogP) is 17.1. The van der Waals surface area contributed by atoms with E-state index in [4.69, 9.17) is 8.83 Å². The van der Waals surface area contributed by atoms with Crippen molar-refractivity contribution < 1.29 is 8.83 Å². The maximum Gasteiger partial charge on any atom is 0.135 e. The highest BCUT2D eigenvalue weighted by molar-refractivity contribution is 6.11. The number of hydrogen-bond acceptors (Lipinski definition) is 3. The molecule has 4 heteroatoms. The van der Waals surface area contributed by atoms with Crippen molar-refractivity contribution in [1.82, 2.24) is 4.57 Å². The molecule has 0 saturated carbocycles. The molecule has 0 aliphatic heterocycles. The Labute approximate surface area is 369 Å². The molecule has 0 amide bonds. The molecule has 0 unspecified atom stereocenters. The third kappa shape index (κ3) is 5.92. The van der Waals surface area contributed by atoms with Gasteiger partial charge in [0.25, 0.3) is 0 Å². The first-order valence-electron chi connectivity index (χ1n) is 21.7. The van der Waals surface area contributed by atoms with Gasteiger partial charge in [-0.3, -0.25) is 0 Å². The molecule has 300 valence electrons. The van der Waals surface area contributed by atoms with Gasteiger partial charge in [0.05, 0.1) is 11.0 Å². The summed E-state index contributed by atoms with van der Waals surface area (Å²) in [7, 11) is 0. The highest BCUT2D eigenvalue weighted by atomic mass is 16.3. The van der Waals surface area contributed by atoms with E-state index < -0.39 is 0 Å². The maximum atomic E-state index is 6.15. The Bertz CT molecular complexity index is 3730. The quantitative estimate of drug-likeness (QED) is 0.161. The van der Waals surface area contributed by atoms with Gasteiger partial charge in [-0.15, -0.1) is 0 Å². The van der Waals surface area contributed by atoms with Crippen LogP contribution in [-0.4, -0.2) is 4.57 Å². The van der Waals surface area contributed by atoms with Crippen LogP contribution in [0.2, 0.25) is 0 Å². The standard InChI is InChI=1S/C60H38N2O2/c1-2-12-45(13-3-1)62-55-18-7-4-15-49(55)52-36-44(25-32-56(52)62)41-11-10-14-48(35-41)61(46-28-21-39(22-29-46)42-26-33-59-53(37-42)50-16-5-8-19-57(50)63-59)47-30-23-40(24-31-47)43-27-34-60-54(38-43)51-17-6-9-20-58(51)64-60/h1-38H. The van der Waals surface area contributed by atoms with Gasteiger partial charge in [0.2, 0.25) is 0 Å². The van der Waals surface area contributed by atoms with E-state index in [1.165, 1.54) is 27.4 Å². The second kappa shape index (κ2) is 14.5. The van der Waals surface area contributed by atoms with Gasteiger partial charge in [-0.05, 0) is 137 Å². The van der Waals surface area contributed by atoms with Crippen molar-refractivity contribution in [3.05, 3.63) is 231 Å². The summed E-state index contributed by atoms with van der Waals surface area (Å²) in [6, 6.07) is 82.4. The number of rotatable bonds is 7. The highest BCUT2D eigenvalue weighted by Gasteiger charge is 2.18. The van der Waals surface area contributed by atoms with Crippen LogP contribution in [0.5, 0.6) is 0 Å². The lowest BCUT2D eigenvalue weighted by Crippen LogP contribution is -2.10. The van der Waals surface area contributed by atoms with Gasteiger partial charge in [-0.2, -0.15) is 0 Å². The largest absolute Gasteiger partial charge is 0.456 e. The van der Waals surface area contributed by atoms with Crippen molar-refractivity contribution in [3.63, 3.8) is 0 Å². The summed E-state index contributed by atoms with van der Waals surface area (Å²) in [4.78, 5) is 2.36. The summed E-state index contributed by atoms with van der Waals surface area (Å²) < 4.78 is 14.7. The van der Waals surface area contributed by atoms with Crippen LogP contribution >= 0.6 is 0 Å². The topological polar surface area (TPSA) is 34.5 Å². The van der Waals surface area contributed by atoms with Crippen LogP contribution in [0.3, 0.4) is 0 Å². The van der Waals surface area contributed by atoms with Gasteiger partial charge in [-0.1, -0.05) is 127 Å². The predicted molar refractivity (Wildman–Crippen MR) is 266 cm³/mol. The average Bonchev–Trinajstić information content (AvgIpc) is 4.04. The van der Waals surface area contributed by atoms with Gasteiger partial charge < -0.3 is 18.3 Å². The molecule has 0 atom stereocenters. The summed E-state index contributed by atoms with van der Waals surface area (Å²) >= 11 is 0. The Kier molecular flexibility index (Phi) is 8.18. The third-order valence-electron chi connectivity index (χ3n) is 12.8. The molecule has 10 aromatic carbocycles. The smallest absolute Gasteiger partial charge is 0.135 e. The van der Waals surface area contributed by atoms with Crippen LogP contribution in [-0.2, 0) is 0 Å². The molecule has 0 saturated heterocycles. The van der Waals surface area contributed by atoms with Crippen LogP contribution in [0, 0.1) is 0 Å². The number of fused-ring (bicyclic) bond motifs is 9. The molecule has 4 nitrogen and oxygen atoms in total. The number of furan rings is 2. The van der Waals surface area contributed by atoms with Crippen molar-refractivity contribution in [3.8, 4) is 39.1 Å².